The molecule has 1 N–H and O–H groups in total. The maximum absolute atomic E-state index is 12.3. The maximum atomic E-state index is 12.3. The Kier molecular flexibility index (Phi) is 6.91. The Balaban J connectivity index is 1.88. The Bertz CT molecular complexity index is 993. The normalized spacial score (nSPS) is 14.6. The van der Waals surface area contributed by atoms with E-state index in [1.54, 1.807) is 6.92 Å². The summed E-state index contributed by atoms with van der Waals surface area (Å²) in [6.45, 7) is 6.35. The van der Waals surface area contributed by atoms with Crippen LogP contribution in [0.4, 0.5) is 11.7 Å². The van der Waals surface area contributed by atoms with Crippen LogP contribution in [0.25, 0.3) is 0 Å². The quantitative estimate of drug-likeness (QED) is 0.607. The Morgan fingerprint density at radius 3 is 2.57 bits per heavy atom. The van der Waals surface area contributed by atoms with Crippen molar-refractivity contribution in [2.45, 2.75) is 45.6 Å². The van der Waals surface area contributed by atoms with E-state index in [2.05, 4.69) is 16.7 Å². The van der Waals surface area contributed by atoms with Gasteiger partial charge < -0.3 is 4.42 Å². The first kappa shape index (κ1) is 22.0. The van der Waals surface area contributed by atoms with Crippen molar-refractivity contribution in [2.24, 2.45) is 10.9 Å². The molecule has 1 amide bonds. The van der Waals surface area contributed by atoms with Crippen molar-refractivity contribution < 1.29 is 17.6 Å². The molecule has 0 bridgehead atoms. The number of sulfonamides is 1. The second-order valence-corrected chi connectivity index (χ2v) is 9.49. The lowest BCUT2D eigenvalue weighted by atomic mass is 10.0. The molecule has 8 nitrogen and oxygen atoms in total. The molecule has 0 saturated heterocycles. The van der Waals surface area contributed by atoms with Crippen LogP contribution in [0.2, 0.25) is 0 Å². The number of oxazole rings is 1. The molecule has 1 fully saturated rings. The van der Waals surface area contributed by atoms with Gasteiger partial charge in [0.25, 0.3) is 5.91 Å². The predicted molar refractivity (Wildman–Crippen MR) is 117 cm³/mol. The largest absolute Gasteiger partial charge is 0.428 e. The first-order chi connectivity index (χ1) is 14.3. The molecule has 0 radical (unpaired) electrons. The average Bonchev–Trinajstić information content (AvgIpc) is 3.32. The molecule has 1 aliphatic rings. The molecule has 0 unspecified atom stereocenters. The Hall–Kier alpha value is -2.68. The topological polar surface area (TPSA) is 105 Å². The molecule has 0 atom stereocenters. The molecule has 2 aromatic rings. The number of hydrogen-bond donors (Lipinski definition) is 1. The first-order valence-corrected chi connectivity index (χ1v) is 11.9. The number of carbonyl (C=O) groups excluding carboxylic acids is 1. The van der Waals surface area contributed by atoms with Crippen LogP contribution in [-0.2, 0) is 16.6 Å². The number of aryl methyl sites for hydroxylation is 1. The van der Waals surface area contributed by atoms with Gasteiger partial charge in [0.15, 0.2) is 5.69 Å². The van der Waals surface area contributed by atoms with E-state index in [1.807, 2.05) is 33.9 Å². The summed E-state index contributed by atoms with van der Waals surface area (Å²) in [5.41, 5.74) is 1.90. The Morgan fingerprint density at radius 1 is 1.30 bits per heavy atom. The highest BCUT2D eigenvalue weighted by molar-refractivity contribution is 7.89. The fourth-order valence-electron chi connectivity index (χ4n) is 3.78. The van der Waals surface area contributed by atoms with Gasteiger partial charge in [-0.05, 0) is 43.7 Å². The fraction of sp³-hybridized carbons (Fsp3) is 0.476. The van der Waals surface area contributed by atoms with Crippen LogP contribution in [0.15, 0.2) is 33.7 Å². The molecule has 1 aromatic carbocycles. The van der Waals surface area contributed by atoms with E-state index >= 15 is 0 Å². The lowest BCUT2D eigenvalue weighted by Crippen LogP contribution is -2.30. The maximum Gasteiger partial charge on any atom is 0.302 e. The minimum Gasteiger partial charge on any atom is -0.428 e. The van der Waals surface area contributed by atoms with E-state index in [0.29, 0.717) is 19.0 Å². The van der Waals surface area contributed by atoms with E-state index in [1.165, 1.54) is 25.7 Å². The van der Waals surface area contributed by atoms with Crippen molar-refractivity contribution in [3.05, 3.63) is 41.3 Å². The van der Waals surface area contributed by atoms with E-state index in [-0.39, 0.29) is 17.5 Å². The minimum absolute atomic E-state index is 0.0335. The summed E-state index contributed by atoms with van der Waals surface area (Å²) in [4.78, 5) is 22.5. The lowest BCUT2D eigenvalue weighted by molar-refractivity contribution is 0.0976. The van der Waals surface area contributed by atoms with Crippen molar-refractivity contribution >= 4 is 34.4 Å². The van der Waals surface area contributed by atoms with E-state index in [9.17, 15) is 13.2 Å². The summed E-state index contributed by atoms with van der Waals surface area (Å²) in [6.07, 6.45) is 6.90. The molecule has 162 valence electrons. The van der Waals surface area contributed by atoms with Crippen molar-refractivity contribution in [1.29, 1.82) is 0 Å². The van der Waals surface area contributed by atoms with Crippen molar-refractivity contribution in [3.63, 3.8) is 0 Å². The zero-order chi connectivity index (χ0) is 21.7. The van der Waals surface area contributed by atoms with Gasteiger partial charge in [0.2, 0.25) is 10.0 Å². The molecule has 3 rings (SSSR count). The van der Waals surface area contributed by atoms with Crippen molar-refractivity contribution in [1.82, 2.24) is 9.71 Å². The highest BCUT2D eigenvalue weighted by Gasteiger charge is 2.25. The van der Waals surface area contributed by atoms with Crippen LogP contribution in [0.1, 0.15) is 53.9 Å². The van der Waals surface area contributed by atoms with Gasteiger partial charge in [0, 0.05) is 12.2 Å². The monoisotopic (exact) mass is 432 g/mol. The third-order valence-electron chi connectivity index (χ3n) is 5.29. The van der Waals surface area contributed by atoms with Gasteiger partial charge >= 0.3 is 6.01 Å². The van der Waals surface area contributed by atoms with Gasteiger partial charge in [-0.1, -0.05) is 37.8 Å². The van der Waals surface area contributed by atoms with Crippen LogP contribution in [0, 0.1) is 12.8 Å². The van der Waals surface area contributed by atoms with Crippen LogP contribution in [-0.4, -0.2) is 38.8 Å². The van der Waals surface area contributed by atoms with Crippen LogP contribution < -0.4 is 9.62 Å². The molecule has 1 aliphatic carbocycles. The zero-order valence-corrected chi connectivity index (χ0v) is 18.2. The highest BCUT2D eigenvalue weighted by atomic mass is 32.2. The first-order valence-electron chi connectivity index (χ1n) is 10.1. The average molecular weight is 433 g/mol. The van der Waals surface area contributed by atoms with Crippen molar-refractivity contribution in [2.75, 3.05) is 17.7 Å². The van der Waals surface area contributed by atoms with Crippen LogP contribution in [0.5, 0.6) is 0 Å². The van der Waals surface area contributed by atoms with Gasteiger partial charge in [-0.15, -0.1) is 0 Å². The molecule has 30 heavy (non-hydrogen) atoms. The Morgan fingerprint density at radius 2 is 1.97 bits per heavy atom. The lowest BCUT2D eigenvalue weighted by Gasteiger charge is -2.22. The van der Waals surface area contributed by atoms with Crippen LogP contribution >= 0.6 is 0 Å². The molecule has 1 saturated carbocycles. The number of benzene rings is 1. The molecule has 1 aromatic heterocycles. The molecule has 1 heterocycles. The van der Waals surface area contributed by atoms with Gasteiger partial charge in [0.1, 0.15) is 5.76 Å². The third-order valence-corrected chi connectivity index (χ3v) is 5.84. The minimum atomic E-state index is -3.69. The van der Waals surface area contributed by atoms with E-state index < -0.39 is 15.9 Å². The fourth-order valence-corrected chi connectivity index (χ4v) is 4.22. The van der Waals surface area contributed by atoms with Gasteiger partial charge in [-0.2, -0.15) is 4.98 Å². The summed E-state index contributed by atoms with van der Waals surface area (Å²) >= 11 is 0. The molecule has 0 aliphatic heterocycles. The number of aromatic nitrogens is 1. The molecule has 0 spiro atoms. The third kappa shape index (κ3) is 5.69. The van der Waals surface area contributed by atoms with Crippen molar-refractivity contribution in [3.8, 4) is 0 Å². The number of amides is 1. The Labute approximate surface area is 177 Å². The summed E-state index contributed by atoms with van der Waals surface area (Å²) in [6, 6.07) is 8.15. The summed E-state index contributed by atoms with van der Waals surface area (Å²) < 4.78 is 30.6. The smallest absolute Gasteiger partial charge is 0.302 e. The second-order valence-electron chi connectivity index (χ2n) is 7.74. The highest BCUT2D eigenvalue weighted by Crippen LogP contribution is 2.32. The SMILES string of the molecule is C=NCc1ccc(N(CCC2CCCC2)c2nc(C(=O)NS(C)(=O)=O)c(C)o2)cc1. The van der Waals surface area contributed by atoms with E-state index in [0.717, 1.165) is 23.9 Å². The van der Waals surface area contributed by atoms with Gasteiger partial charge in [-0.25, -0.2) is 13.1 Å². The molecular weight excluding hydrogens is 404 g/mol. The number of hydrogen-bond acceptors (Lipinski definition) is 7. The molecule has 9 heteroatoms. The summed E-state index contributed by atoms with van der Waals surface area (Å²) in [7, 11) is -3.69. The zero-order valence-electron chi connectivity index (χ0n) is 17.4. The number of carbonyl (C=O) groups is 1. The summed E-state index contributed by atoms with van der Waals surface area (Å²) in [5, 5.41) is 0. The summed E-state index contributed by atoms with van der Waals surface area (Å²) in [5.74, 6) is 0.137. The van der Waals surface area contributed by atoms with Gasteiger partial charge in [-0.3, -0.25) is 14.7 Å². The second kappa shape index (κ2) is 9.42. The number of aliphatic imine (C=N–C) groups is 1. The van der Waals surface area contributed by atoms with E-state index in [4.69, 9.17) is 4.42 Å². The number of rotatable bonds is 9. The molecular formula is C21H28N4O4S. The number of anilines is 2. The number of nitrogens with zero attached hydrogens (tertiary/aromatic N) is 3. The predicted octanol–water partition coefficient (Wildman–Crippen LogP) is 3.59. The van der Waals surface area contributed by atoms with Crippen LogP contribution in [0.3, 0.4) is 0 Å². The standard InChI is InChI=1S/C21H28N4O4S/c1-15-19(20(26)24-30(3,27)28)23-21(29-15)25(13-12-16-6-4-5-7-16)18-10-8-17(9-11-18)14-22-2/h8-11,16H,2,4-7,12-14H2,1,3H3,(H,24,26). The number of nitrogens with one attached hydrogen (secondary N) is 1. The van der Waals surface area contributed by atoms with Gasteiger partial charge in [0.05, 0.1) is 12.8 Å².